The standard InChI is InChI=1S/C12H20N2O/c1-2-10-5-3-7-14(10)11(9-13)12-6-4-8-15-12/h4,6,8,10-11H,2-3,5,7,9,13H2,1H3. The Morgan fingerprint density at radius 3 is 3.13 bits per heavy atom. The fourth-order valence-corrected chi connectivity index (χ4v) is 2.60. The molecule has 0 radical (unpaired) electrons. The van der Waals surface area contributed by atoms with E-state index in [9.17, 15) is 0 Å². The molecule has 0 amide bonds. The quantitative estimate of drug-likeness (QED) is 0.824. The van der Waals surface area contributed by atoms with Gasteiger partial charge in [-0.15, -0.1) is 0 Å². The SMILES string of the molecule is CCC1CCCN1C(CN)c1ccco1. The molecule has 0 saturated carbocycles. The molecule has 1 fully saturated rings. The van der Waals surface area contributed by atoms with Gasteiger partial charge in [0.2, 0.25) is 0 Å². The van der Waals surface area contributed by atoms with Crippen LogP contribution in [0.4, 0.5) is 0 Å². The van der Waals surface area contributed by atoms with Gasteiger partial charge in [-0.2, -0.15) is 0 Å². The second-order valence-corrected chi connectivity index (χ2v) is 4.21. The van der Waals surface area contributed by atoms with E-state index in [0.29, 0.717) is 12.6 Å². The fourth-order valence-electron chi connectivity index (χ4n) is 2.60. The van der Waals surface area contributed by atoms with Crippen molar-refractivity contribution in [3.05, 3.63) is 24.2 Å². The van der Waals surface area contributed by atoms with Crippen LogP contribution < -0.4 is 5.73 Å². The third-order valence-corrected chi connectivity index (χ3v) is 3.39. The van der Waals surface area contributed by atoms with E-state index in [4.69, 9.17) is 10.2 Å². The number of rotatable bonds is 4. The van der Waals surface area contributed by atoms with E-state index < -0.39 is 0 Å². The average Bonchev–Trinajstić information content (AvgIpc) is 2.89. The van der Waals surface area contributed by atoms with Gasteiger partial charge < -0.3 is 10.2 Å². The summed E-state index contributed by atoms with van der Waals surface area (Å²) in [6.07, 6.45) is 5.52. The highest BCUT2D eigenvalue weighted by molar-refractivity contribution is 5.06. The normalized spacial score (nSPS) is 24.5. The van der Waals surface area contributed by atoms with E-state index in [-0.39, 0.29) is 6.04 Å². The molecule has 2 N–H and O–H groups in total. The molecule has 15 heavy (non-hydrogen) atoms. The number of furan rings is 1. The molecule has 0 bridgehead atoms. The Balaban J connectivity index is 2.12. The minimum absolute atomic E-state index is 0.271. The highest BCUT2D eigenvalue weighted by atomic mass is 16.3. The van der Waals surface area contributed by atoms with Gasteiger partial charge in [-0.3, -0.25) is 4.90 Å². The van der Waals surface area contributed by atoms with Crippen molar-refractivity contribution in [1.82, 2.24) is 4.90 Å². The Kier molecular flexibility index (Phi) is 3.44. The summed E-state index contributed by atoms with van der Waals surface area (Å²) in [5.41, 5.74) is 5.86. The second-order valence-electron chi connectivity index (χ2n) is 4.21. The number of hydrogen-bond donors (Lipinski definition) is 1. The maximum absolute atomic E-state index is 5.86. The van der Waals surface area contributed by atoms with Gasteiger partial charge >= 0.3 is 0 Å². The zero-order valence-corrected chi connectivity index (χ0v) is 9.36. The van der Waals surface area contributed by atoms with Crippen LogP contribution in [-0.4, -0.2) is 24.0 Å². The Labute approximate surface area is 91.2 Å². The zero-order chi connectivity index (χ0) is 10.7. The second kappa shape index (κ2) is 4.81. The highest BCUT2D eigenvalue weighted by Gasteiger charge is 2.30. The third kappa shape index (κ3) is 2.08. The van der Waals surface area contributed by atoms with Crippen LogP contribution in [0, 0.1) is 0 Å². The summed E-state index contributed by atoms with van der Waals surface area (Å²) in [6.45, 7) is 4.05. The van der Waals surface area contributed by atoms with Gasteiger partial charge in [0.1, 0.15) is 5.76 Å². The van der Waals surface area contributed by atoms with Gasteiger partial charge in [0.05, 0.1) is 12.3 Å². The maximum atomic E-state index is 5.86. The lowest BCUT2D eigenvalue weighted by molar-refractivity contribution is 0.160. The Hall–Kier alpha value is -0.800. The first-order valence-electron chi connectivity index (χ1n) is 5.86. The van der Waals surface area contributed by atoms with E-state index >= 15 is 0 Å². The van der Waals surface area contributed by atoms with Crippen molar-refractivity contribution in [1.29, 1.82) is 0 Å². The van der Waals surface area contributed by atoms with Crippen LogP contribution in [0.25, 0.3) is 0 Å². The summed E-state index contributed by atoms with van der Waals surface area (Å²) in [7, 11) is 0. The predicted octanol–water partition coefficient (Wildman–Crippen LogP) is 2.15. The number of nitrogens with two attached hydrogens (primary N) is 1. The van der Waals surface area contributed by atoms with E-state index in [1.807, 2.05) is 12.1 Å². The summed E-state index contributed by atoms with van der Waals surface area (Å²) in [6, 6.07) is 4.92. The van der Waals surface area contributed by atoms with E-state index in [1.165, 1.54) is 19.3 Å². The molecule has 1 aromatic rings. The van der Waals surface area contributed by atoms with Crippen molar-refractivity contribution in [2.24, 2.45) is 5.73 Å². The molecule has 2 rings (SSSR count). The van der Waals surface area contributed by atoms with Crippen LogP contribution in [-0.2, 0) is 0 Å². The summed E-state index contributed by atoms with van der Waals surface area (Å²) >= 11 is 0. The number of hydrogen-bond acceptors (Lipinski definition) is 3. The first-order valence-corrected chi connectivity index (χ1v) is 5.86. The van der Waals surface area contributed by atoms with Crippen molar-refractivity contribution in [3.63, 3.8) is 0 Å². The Bertz CT molecular complexity index is 284. The van der Waals surface area contributed by atoms with E-state index in [2.05, 4.69) is 11.8 Å². The smallest absolute Gasteiger partial charge is 0.122 e. The molecule has 1 aliphatic rings. The zero-order valence-electron chi connectivity index (χ0n) is 9.36. The van der Waals surface area contributed by atoms with Crippen LogP contribution in [0.5, 0.6) is 0 Å². The molecule has 0 aromatic carbocycles. The minimum Gasteiger partial charge on any atom is -0.468 e. The topological polar surface area (TPSA) is 42.4 Å². The molecule has 1 aliphatic heterocycles. The van der Waals surface area contributed by atoms with Crippen LogP contribution in [0.1, 0.15) is 38.0 Å². The summed E-state index contributed by atoms with van der Waals surface area (Å²) < 4.78 is 5.47. The molecule has 2 heterocycles. The van der Waals surface area contributed by atoms with Crippen molar-refractivity contribution in [2.75, 3.05) is 13.1 Å². The molecular formula is C12H20N2O. The van der Waals surface area contributed by atoms with Crippen LogP contribution >= 0.6 is 0 Å². The maximum Gasteiger partial charge on any atom is 0.122 e. The Morgan fingerprint density at radius 2 is 2.53 bits per heavy atom. The predicted molar refractivity (Wildman–Crippen MR) is 60.5 cm³/mol. The molecule has 1 aromatic heterocycles. The summed E-state index contributed by atoms with van der Waals surface area (Å²) in [5, 5.41) is 0. The third-order valence-electron chi connectivity index (χ3n) is 3.39. The van der Waals surface area contributed by atoms with Crippen LogP contribution in [0.15, 0.2) is 22.8 Å². The summed E-state index contributed by atoms with van der Waals surface area (Å²) in [4.78, 5) is 2.50. The van der Waals surface area contributed by atoms with Gasteiger partial charge in [0.25, 0.3) is 0 Å². The number of nitrogens with zero attached hydrogens (tertiary/aromatic N) is 1. The van der Waals surface area contributed by atoms with Gasteiger partial charge in [-0.05, 0) is 37.9 Å². The highest BCUT2D eigenvalue weighted by Crippen LogP contribution is 2.30. The lowest BCUT2D eigenvalue weighted by atomic mass is 10.1. The lowest BCUT2D eigenvalue weighted by Gasteiger charge is -2.30. The Morgan fingerprint density at radius 1 is 1.67 bits per heavy atom. The van der Waals surface area contributed by atoms with E-state index in [0.717, 1.165) is 12.3 Å². The van der Waals surface area contributed by atoms with E-state index in [1.54, 1.807) is 6.26 Å². The van der Waals surface area contributed by atoms with Crippen molar-refractivity contribution in [3.8, 4) is 0 Å². The fraction of sp³-hybridized carbons (Fsp3) is 0.667. The van der Waals surface area contributed by atoms with Gasteiger partial charge in [-0.1, -0.05) is 6.92 Å². The molecule has 0 spiro atoms. The first-order chi connectivity index (χ1) is 7.36. The van der Waals surface area contributed by atoms with Crippen molar-refractivity contribution < 1.29 is 4.42 Å². The average molecular weight is 208 g/mol. The molecular weight excluding hydrogens is 188 g/mol. The molecule has 84 valence electrons. The number of likely N-dealkylation sites (tertiary alicyclic amines) is 1. The summed E-state index contributed by atoms with van der Waals surface area (Å²) in [5.74, 6) is 1.01. The van der Waals surface area contributed by atoms with Crippen LogP contribution in [0.3, 0.4) is 0 Å². The monoisotopic (exact) mass is 208 g/mol. The molecule has 0 aliphatic carbocycles. The van der Waals surface area contributed by atoms with Crippen molar-refractivity contribution in [2.45, 2.75) is 38.3 Å². The molecule has 2 atom stereocenters. The van der Waals surface area contributed by atoms with Gasteiger partial charge in [0.15, 0.2) is 0 Å². The molecule has 3 heteroatoms. The minimum atomic E-state index is 0.271. The molecule has 3 nitrogen and oxygen atoms in total. The first kappa shape index (κ1) is 10.7. The largest absolute Gasteiger partial charge is 0.468 e. The molecule has 1 saturated heterocycles. The van der Waals surface area contributed by atoms with Crippen LogP contribution in [0.2, 0.25) is 0 Å². The van der Waals surface area contributed by atoms with Crippen molar-refractivity contribution >= 4 is 0 Å². The van der Waals surface area contributed by atoms with Gasteiger partial charge in [-0.25, -0.2) is 0 Å². The molecule has 2 unspecified atom stereocenters. The van der Waals surface area contributed by atoms with Gasteiger partial charge in [0, 0.05) is 12.6 Å². The lowest BCUT2D eigenvalue weighted by Crippen LogP contribution is -2.36.